The molecule has 1 aromatic rings. The quantitative estimate of drug-likeness (QED) is 0.744. The topological polar surface area (TPSA) is 47.0 Å². The Morgan fingerprint density at radius 1 is 1.15 bits per heavy atom. The summed E-state index contributed by atoms with van der Waals surface area (Å²) in [5, 5.41) is 3.38. The second-order valence-corrected chi connectivity index (χ2v) is 6.06. The smallest absolute Gasteiger partial charge is 0.218 e. The first kappa shape index (κ1) is 16.7. The van der Waals surface area contributed by atoms with Crippen molar-refractivity contribution in [3.8, 4) is 5.88 Å². The molecule has 0 fully saturated rings. The number of ether oxygens (including phenoxy) is 1. The van der Waals surface area contributed by atoms with Crippen LogP contribution in [0.5, 0.6) is 5.88 Å². The van der Waals surface area contributed by atoms with Crippen LogP contribution < -0.4 is 10.1 Å². The molecule has 0 saturated heterocycles. The number of hydrogen-bond acceptors (Lipinski definition) is 4. The van der Waals surface area contributed by atoms with Crippen molar-refractivity contribution in [3.63, 3.8) is 0 Å². The molecule has 0 aliphatic carbocycles. The molecule has 0 aliphatic heterocycles. The Morgan fingerprint density at radius 3 is 2.50 bits per heavy atom. The Hall–Kier alpha value is -1.32. The largest absolute Gasteiger partial charge is 0.478 e. The molecular formula is C16H29N3O. The molecule has 0 unspecified atom stereocenters. The van der Waals surface area contributed by atoms with Gasteiger partial charge in [0.05, 0.1) is 6.61 Å². The molecule has 1 rings (SSSR count). The molecule has 0 atom stereocenters. The molecule has 0 saturated carbocycles. The molecule has 1 heterocycles. The van der Waals surface area contributed by atoms with E-state index in [0.717, 1.165) is 37.4 Å². The molecule has 4 nitrogen and oxygen atoms in total. The van der Waals surface area contributed by atoms with Crippen molar-refractivity contribution in [2.75, 3.05) is 18.5 Å². The summed E-state index contributed by atoms with van der Waals surface area (Å²) in [6.07, 6.45) is 3.00. The first-order valence-electron chi connectivity index (χ1n) is 7.75. The van der Waals surface area contributed by atoms with Crippen LogP contribution in [0, 0.1) is 11.8 Å². The van der Waals surface area contributed by atoms with Gasteiger partial charge in [-0.05, 0) is 24.7 Å². The van der Waals surface area contributed by atoms with E-state index in [-0.39, 0.29) is 0 Å². The first-order valence-corrected chi connectivity index (χ1v) is 7.75. The second kappa shape index (κ2) is 8.77. The Labute approximate surface area is 123 Å². The van der Waals surface area contributed by atoms with Gasteiger partial charge in [-0.3, -0.25) is 0 Å². The Bertz CT molecular complexity index is 391. The molecule has 20 heavy (non-hydrogen) atoms. The Morgan fingerprint density at radius 2 is 1.90 bits per heavy atom. The van der Waals surface area contributed by atoms with E-state index in [1.807, 2.05) is 6.07 Å². The fourth-order valence-electron chi connectivity index (χ4n) is 1.79. The van der Waals surface area contributed by atoms with Crippen LogP contribution in [0.3, 0.4) is 0 Å². The fraction of sp³-hybridized carbons (Fsp3) is 0.750. The van der Waals surface area contributed by atoms with Crippen LogP contribution in [-0.2, 0) is 6.42 Å². The predicted molar refractivity (Wildman–Crippen MR) is 84.3 cm³/mol. The lowest BCUT2D eigenvalue weighted by atomic mass is 10.1. The Kier molecular flexibility index (Phi) is 7.34. The summed E-state index contributed by atoms with van der Waals surface area (Å²) >= 11 is 0. The standard InChI is InChI=1S/C16H29N3O/c1-6-9-20-16-11-14(17-8-7-12(2)3)18-15(19-16)10-13(4)5/h11-13H,6-10H2,1-5H3,(H,17,18,19). The van der Waals surface area contributed by atoms with Crippen LogP contribution in [0.25, 0.3) is 0 Å². The predicted octanol–water partition coefficient (Wildman–Crippen LogP) is 3.92. The minimum atomic E-state index is 0.542. The van der Waals surface area contributed by atoms with E-state index in [9.17, 15) is 0 Å². The number of hydrogen-bond donors (Lipinski definition) is 1. The maximum atomic E-state index is 5.65. The third kappa shape index (κ3) is 6.73. The van der Waals surface area contributed by atoms with Gasteiger partial charge in [0.15, 0.2) is 0 Å². The lowest BCUT2D eigenvalue weighted by Gasteiger charge is -2.12. The van der Waals surface area contributed by atoms with E-state index in [4.69, 9.17) is 4.74 Å². The van der Waals surface area contributed by atoms with Crippen molar-refractivity contribution >= 4 is 5.82 Å². The van der Waals surface area contributed by atoms with Crippen molar-refractivity contribution in [3.05, 3.63) is 11.9 Å². The highest BCUT2D eigenvalue weighted by Crippen LogP contribution is 2.16. The van der Waals surface area contributed by atoms with Crippen LogP contribution in [0.15, 0.2) is 6.07 Å². The van der Waals surface area contributed by atoms with E-state index >= 15 is 0 Å². The molecule has 114 valence electrons. The van der Waals surface area contributed by atoms with E-state index in [1.54, 1.807) is 0 Å². The van der Waals surface area contributed by atoms with Gasteiger partial charge in [0.2, 0.25) is 5.88 Å². The van der Waals surface area contributed by atoms with Gasteiger partial charge in [-0.25, -0.2) is 4.98 Å². The van der Waals surface area contributed by atoms with E-state index in [0.29, 0.717) is 24.3 Å². The van der Waals surface area contributed by atoms with Gasteiger partial charge in [-0.1, -0.05) is 34.6 Å². The molecule has 0 radical (unpaired) electrons. The normalized spacial score (nSPS) is 11.2. The summed E-state index contributed by atoms with van der Waals surface area (Å²) in [4.78, 5) is 9.06. The maximum absolute atomic E-state index is 5.65. The molecule has 0 amide bonds. The lowest BCUT2D eigenvalue weighted by molar-refractivity contribution is 0.303. The molecule has 1 aromatic heterocycles. The summed E-state index contributed by atoms with van der Waals surface area (Å²) < 4.78 is 5.65. The molecule has 0 aromatic carbocycles. The molecule has 0 spiro atoms. The van der Waals surface area contributed by atoms with Gasteiger partial charge in [0.1, 0.15) is 11.6 Å². The van der Waals surface area contributed by atoms with Crippen LogP contribution >= 0.6 is 0 Å². The Balaban J connectivity index is 2.74. The van der Waals surface area contributed by atoms with Crippen molar-refractivity contribution < 1.29 is 4.74 Å². The average Bonchev–Trinajstić information content (AvgIpc) is 2.35. The fourth-order valence-corrected chi connectivity index (χ4v) is 1.79. The van der Waals surface area contributed by atoms with E-state index < -0.39 is 0 Å². The van der Waals surface area contributed by atoms with Crippen LogP contribution in [0.1, 0.15) is 53.3 Å². The van der Waals surface area contributed by atoms with Crippen LogP contribution in [-0.4, -0.2) is 23.1 Å². The van der Waals surface area contributed by atoms with Gasteiger partial charge in [0.25, 0.3) is 0 Å². The monoisotopic (exact) mass is 279 g/mol. The average molecular weight is 279 g/mol. The third-order valence-electron chi connectivity index (χ3n) is 2.82. The van der Waals surface area contributed by atoms with Gasteiger partial charge < -0.3 is 10.1 Å². The van der Waals surface area contributed by atoms with Crippen LogP contribution in [0.4, 0.5) is 5.82 Å². The molecule has 0 bridgehead atoms. The lowest BCUT2D eigenvalue weighted by Crippen LogP contribution is -2.10. The number of anilines is 1. The molecular weight excluding hydrogens is 250 g/mol. The molecule has 1 N–H and O–H groups in total. The van der Waals surface area contributed by atoms with Gasteiger partial charge in [0, 0.05) is 19.0 Å². The number of rotatable bonds is 9. The summed E-state index contributed by atoms with van der Waals surface area (Å²) in [6, 6.07) is 1.90. The van der Waals surface area contributed by atoms with E-state index in [1.165, 1.54) is 0 Å². The van der Waals surface area contributed by atoms with Gasteiger partial charge in [-0.15, -0.1) is 0 Å². The zero-order valence-electron chi connectivity index (χ0n) is 13.6. The van der Waals surface area contributed by atoms with Crippen molar-refractivity contribution in [2.24, 2.45) is 11.8 Å². The summed E-state index contributed by atoms with van der Waals surface area (Å²) in [6.45, 7) is 12.5. The first-order chi connectivity index (χ1) is 9.51. The highest BCUT2D eigenvalue weighted by molar-refractivity contribution is 5.38. The number of nitrogens with zero attached hydrogens (tertiary/aromatic N) is 2. The second-order valence-electron chi connectivity index (χ2n) is 6.06. The number of nitrogens with one attached hydrogen (secondary N) is 1. The van der Waals surface area contributed by atoms with E-state index in [2.05, 4.69) is 49.9 Å². The van der Waals surface area contributed by atoms with Crippen molar-refractivity contribution in [1.29, 1.82) is 0 Å². The number of aromatic nitrogens is 2. The van der Waals surface area contributed by atoms with Crippen molar-refractivity contribution in [2.45, 2.75) is 53.9 Å². The zero-order valence-corrected chi connectivity index (χ0v) is 13.6. The summed E-state index contributed by atoms with van der Waals surface area (Å²) in [5.41, 5.74) is 0. The van der Waals surface area contributed by atoms with Gasteiger partial charge in [-0.2, -0.15) is 4.98 Å². The van der Waals surface area contributed by atoms with Crippen LogP contribution in [0.2, 0.25) is 0 Å². The highest BCUT2D eigenvalue weighted by atomic mass is 16.5. The zero-order chi connectivity index (χ0) is 15.0. The summed E-state index contributed by atoms with van der Waals surface area (Å²) in [5.74, 6) is 3.66. The SMILES string of the molecule is CCCOc1cc(NCCC(C)C)nc(CC(C)C)n1. The van der Waals surface area contributed by atoms with Gasteiger partial charge >= 0.3 is 0 Å². The third-order valence-corrected chi connectivity index (χ3v) is 2.82. The molecule has 0 aliphatic rings. The highest BCUT2D eigenvalue weighted by Gasteiger charge is 2.07. The summed E-state index contributed by atoms with van der Waals surface area (Å²) in [7, 11) is 0. The molecule has 4 heteroatoms. The maximum Gasteiger partial charge on any atom is 0.218 e. The minimum Gasteiger partial charge on any atom is -0.478 e. The van der Waals surface area contributed by atoms with Crippen molar-refractivity contribution in [1.82, 2.24) is 9.97 Å². The minimum absolute atomic E-state index is 0.542.